The first kappa shape index (κ1) is 17.3. The van der Waals surface area contributed by atoms with Gasteiger partial charge in [-0.05, 0) is 74.2 Å². The van der Waals surface area contributed by atoms with Crippen molar-refractivity contribution in [2.24, 2.45) is 28.6 Å². The molecule has 0 heterocycles. The molecule has 4 aliphatic carbocycles. The van der Waals surface area contributed by atoms with Gasteiger partial charge in [0.05, 0.1) is 0 Å². The highest BCUT2D eigenvalue weighted by molar-refractivity contribution is 5.91. The molecule has 3 saturated carbocycles. The van der Waals surface area contributed by atoms with Gasteiger partial charge in [-0.3, -0.25) is 4.79 Å². The maximum atomic E-state index is 11.9. The third kappa shape index (κ3) is 2.30. The van der Waals surface area contributed by atoms with Crippen LogP contribution in [0.15, 0.2) is 11.6 Å². The molecule has 0 amide bonds. The Balaban J connectivity index is 1.67. The fourth-order valence-corrected chi connectivity index (χ4v) is 6.97. The zero-order chi connectivity index (χ0) is 17.9. The van der Waals surface area contributed by atoms with Crippen LogP contribution in [0.4, 0.5) is 0 Å². The maximum absolute atomic E-state index is 11.9. The molecule has 4 rings (SSSR count). The van der Waals surface area contributed by atoms with Crippen LogP contribution in [0.1, 0.15) is 65.2 Å². The van der Waals surface area contributed by atoms with Gasteiger partial charge in [0.15, 0.2) is 5.78 Å². The van der Waals surface area contributed by atoms with Crippen LogP contribution >= 0.6 is 0 Å². The van der Waals surface area contributed by atoms with Crippen molar-refractivity contribution in [3.05, 3.63) is 11.6 Å². The van der Waals surface area contributed by atoms with E-state index in [9.17, 15) is 9.90 Å². The Kier molecular flexibility index (Phi) is 3.94. The summed E-state index contributed by atoms with van der Waals surface area (Å²) in [6, 6.07) is 0. The summed E-state index contributed by atoms with van der Waals surface area (Å²) in [5.74, 6) is 7.80. The average molecular weight is 342 g/mol. The summed E-state index contributed by atoms with van der Waals surface area (Å²) in [6.07, 6.45) is 9.68. The number of hydrogen-bond acceptors (Lipinski definition) is 3. The molecule has 0 aliphatic heterocycles. The number of allylic oxidation sites excluding steroid dienone is 1. The van der Waals surface area contributed by atoms with E-state index < -0.39 is 5.60 Å². The van der Waals surface area contributed by atoms with Crippen LogP contribution in [0.3, 0.4) is 0 Å². The summed E-state index contributed by atoms with van der Waals surface area (Å²) < 4.78 is 0. The molecular formula is C22H30O3. The Morgan fingerprint density at radius 1 is 1.12 bits per heavy atom. The molecular weight excluding hydrogens is 312 g/mol. The molecule has 0 aromatic rings. The molecule has 136 valence electrons. The number of rotatable bonds is 0. The summed E-state index contributed by atoms with van der Waals surface area (Å²) >= 11 is 0. The number of carbonyl (C=O) groups is 1. The van der Waals surface area contributed by atoms with Crippen LogP contribution in [0, 0.1) is 40.4 Å². The Bertz CT molecular complexity index is 683. The maximum Gasteiger partial charge on any atom is 0.155 e. The van der Waals surface area contributed by atoms with Crippen LogP contribution in [0.2, 0.25) is 0 Å². The minimum absolute atomic E-state index is 0.168. The summed E-state index contributed by atoms with van der Waals surface area (Å²) in [6.45, 7) is 4.43. The summed E-state index contributed by atoms with van der Waals surface area (Å²) in [7, 11) is 0. The molecule has 0 radical (unpaired) electrons. The number of aliphatic hydroxyl groups excluding tert-OH is 1. The first-order valence-corrected chi connectivity index (χ1v) is 9.91. The van der Waals surface area contributed by atoms with Crippen LogP contribution in [-0.4, -0.2) is 28.2 Å². The van der Waals surface area contributed by atoms with Crippen molar-refractivity contribution in [1.82, 2.24) is 0 Å². The first-order valence-electron chi connectivity index (χ1n) is 9.91. The smallest absolute Gasteiger partial charge is 0.155 e. The number of aliphatic hydroxyl groups is 2. The lowest BCUT2D eigenvalue weighted by Gasteiger charge is -2.58. The predicted molar refractivity (Wildman–Crippen MR) is 96.5 cm³/mol. The third-order valence-electron chi connectivity index (χ3n) is 8.49. The van der Waals surface area contributed by atoms with E-state index in [1.54, 1.807) is 0 Å². The van der Waals surface area contributed by atoms with Crippen molar-refractivity contribution in [3.8, 4) is 11.8 Å². The molecule has 0 spiro atoms. The molecule has 3 heteroatoms. The van der Waals surface area contributed by atoms with Gasteiger partial charge in [0, 0.05) is 11.8 Å². The van der Waals surface area contributed by atoms with E-state index in [1.165, 1.54) is 5.57 Å². The minimum Gasteiger partial charge on any atom is -0.384 e. The van der Waals surface area contributed by atoms with Crippen LogP contribution in [-0.2, 0) is 4.79 Å². The first-order chi connectivity index (χ1) is 11.8. The zero-order valence-electron chi connectivity index (χ0n) is 15.5. The second-order valence-electron chi connectivity index (χ2n) is 9.28. The Hall–Kier alpha value is -1.11. The average Bonchev–Trinajstić information content (AvgIpc) is 2.85. The molecule has 6 atom stereocenters. The van der Waals surface area contributed by atoms with E-state index in [1.807, 2.05) is 6.08 Å². The van der Waals surface area contributed by atoms with E-state index in [0.717, 1.165) is 44.9 Å². The highest BCUT2D eigenvalue weighted by Gasteiger charge is 2.63. The standard InChI is InChI=1S/C22H30O3/c1-20-10-6-16(24)14-15(20)4-5-17-18(20)7-11-21(2)19(17)8-12-22(21,25)9-3-13-23/h14,17-19,23,25H,4-8,10-13H2,1-2H3. The monoisotopic (exact) mass is 342 g/mol. The van der Waals surface area contributed by atoms with Crippen LogP contribution in [0.5, 0.6) is 0 Å². The van der Waals surface area contributed by atoms with E-state index in [0.29, 0.717) is 30.0 Å². The van der Waals surface area contributed by atoms with Gasteiger partial charge in [0.2, 0.25) is 0 Å². The van der Waals surface area contributed by atoms with Gasteiger partial charge < -0.3 is 10.2 Å². The quantitative estimate of drug-likeness (QED) is 0.665. The molecule has 3 nitrogen and oxygen atoms in total. The molecule has 3 fully saturated rings. The SMILES string of the molecule is CC12CCC(=O)C=C1CCC1C2CCC2(C)C1CCC2(O)C#CCO. The molecule has 0 aromatic heterocycles. The lowest BCUT2D eigenvalue weighted by molar-refractivity contribution is -0.119. The second kappa shape index (κ2) is 5.69. The minimum atomic E-state index is -0.953. The van der Waals surface area contributed by atoms with E-state index in [4.69, 9.17) is 5.11 Å². The van der Waals surface area contributed by atoms with E-state index in [2.05, 4.69) is 25.7 Å². The number of fused-ring (bicyclic) bond motifs is 5. The van der Waals surface area contributed by atoms with Crippen molar-refractivity contribution in [1.29, 1.82) is 0 Å². The van der Waals surface area contributed by atoms with Crippen molar-refractivity contribution < 1.29 is 15.0 Å². The lowest BCUT2D eigenvalue weighted by Crippen LogP contribution is -2.54. The van der Waals surface area contributed by atoms with Crippen molar-refractivity contribution in [2.75, 3.05) is 6.61 Å². The van der Waals surface area contributed by atoms with Crippen molar-refractivity contribution >= 4 is 5.78 Å². The van der Waals surface area contributed by atoms with Crippen LogP contribution in [0.25, 0.3) is 0 Å². The Morgan fingerprint density at radius 2 is 1.88 bits per heavy atom. The highest BCUT2D eigenvalue weighted by Crippen LogP contribution is 2.67. The Labute approximate surface area is 150 Å². The van der Waals surface area contributed by atoms with E-state index in [-0.39, 0.29) is 17.4 Å². The van der Waals surface area contributed by atoms with Crippen molar-refractivity contribution in [2.45, 2.75) is 70.8 Å². The summed E-state index contributed by atoms with van der Waals surface area (Å²) in [5, 5.41) is 20.3. The molecule has 6 unspecified atom stereocenters. The highest BCUT2D eigenvalue weighted by atomic mass is 16.3. The molecule has 0 aromatic carbocycles. The number of hydrogen-bond donors (Lipinski definition) is 2. The largest absolute Gasteiger partial charge is 0.384 e. The van der Waals surface area contributed by atoms with Gasteiger partial charge in [-0.2, -0.15) is 0 Å². The van der Waals surface area contributed by atoms with Crippen LogP contribution < -0.4 is 0 Å². The number of carbonyl (C=O) groups excluding carboxylic acids is 1. The second-order valence-corrected chi connectivity index (χ2v) is 9.28. The number of ketones is 1. The zero-order valence-corrected chi connectivity index (χ0v) is 15.5. The lowest BCUT2D eigenvalue weighted by atomic mass is 9.46. The molecule has 25 heavy (non-hydrogen) atoms. The molecule has 0 bridgehead atoms. The van der Waals surface area contributed by atoms with Crippen molar-refractivity contribution in [3.63, 3.8) is 0 Å². The fraction of sp³-hybridized carbons (Fsp3) is 0.773. The topological polar surface area (TPSA) is 57.5 Å². The fourth-order valence-electron chi connectivity index (χ4n) is 6.97. The Morgan fingerprint density at radius 3 is 2.64 bits per heavy atom. The van der Waals surface area contributed by atoms with Gasteiger partial charge in [0.1, 0.15) is 12.2 Å². The summed E-state index contributed by atoms with van der Waals surface area (Å²) in [4.78, 5) is 11.9. The van der Waals surface area contributed by atoms with Gasteiger partial charge in [0.25, 0.3) is 0 Å². The van der Waals surface area contributed by atoms with Gasteiger partial charge in [-0.15, -0.1) is 0 Å². The third-order valence-corrected chi connectivity index (χ3v) is 8.49. The summed E-state index contributed by atoms with van der Waals surface area (Å²) in [5.41, 5.74) is 0.445. The predicted octanol–water partition coefficient (Wildman–Crippen LogP) is 3.25. The van der Waals surface area contributed by atoms with Gasteiger partial charge in [-0.25, -0.2) is 0 Å². The van der Waals surface area contributed by atoms with E-state index >= 15 is 0 Å². The van der Waals surface area contributed by atoms with Gasteiger partial charge >= 0.3 is 0 Å². The molecule has 2 N–H and O–H groups in total. The molecule has 4 aliphatic rings. The van der Waals surface area contributed by atoms with Gasteiger partial charge in [-0.1, -0.05) is 31.3 Å². The molecule has 0 saturated heterocycles. The normalized spacial score (nSPS) is 48.6.